The fourth-order valence-corrected chi connectivity index (χ4v) is 1.72. The number of nitrogens with two attached hydrogens (primary N) is 1. The zero-order chi connectivity index (χ0) is 12.4. The van der Waals surface area contributed by atoms with Crippen LogP contribution in [0.25, 0.3) is 10.8 Å². The SMILES string of the molecule is COc1ccc2cc(C(N)C(F)F)ccc2c1. The van der Waals surface area contributed by atoms with Crippen molar-refractivity contribution in [3.8, 4) is 5.75 Å². The normalized spacial score (nSPS) is 13.0. The molecule has 1 unspecified atom stereocenters. The molecular weight excluding hydrogens is 224 g/mol. The molecule has 0 saturated heterocycles. The average Bonchev–Trinajstić information content (AvgIpc) is 2.36. The van der Waals surface area contributed by atoms with E-state index in [4.69, 9.17) is 10.5 Å². The molecule has 2 aromatic carbocycles. The number of rotatable bonds is 3. The van der Waals surface area contributed by atoms with Gasteiger partial charge in [-0.05, 0) is 34.5 Å². The Hall–Kier alpha value is -1.68. The minimum Gasteiger partial charge on any atom is -0.497 e. The molecule has 0 fully saturated rings. The average molecular weight is 237 g/mol. The van der Waals surface area contributed by atoms with Gasteiger partial charge >= 0.3 is 0 Å². The second kappa shape index (κ2) is 4.67. The second-order valence-corrected chi connectivity index (χ2v) is 3.83. The van der Waals surface area contributed by atoms with E-state index in [2.05, 4.69) is 0 Å². The molecule has 0 aliphatic heterocycles. The Balaban J connectivity index is 2.44. The zero-order valence-corrected chi connectivity index (χ0v) is 9.36. The molecule has 0 aromatic heterocycles. The van der Waals surface area contributed by atoms with Crippen molar-refractivity contribution in [1.82, 2.24) is 0 Å². The minimum absolute atomic E-state index is 0.442. The lowest BCUT2D eigenvalue weighted by Crippen LogP contribution is -2.18. The van der Waals surface area contributed by atoms with Gasteiger partial charge in [0.05, 0.1) is 13.2 Å². The van der Waals surface area contributed by atoms with E-state index in [1.807, 2.05) is 12.1 Å². The molecule has 0 aliphatic rings. The number of hydrogen-bond acceptors (Lipinski definition) is 2. The van der Waals surface area contributed by atoms with Gasteiger partial charge in [0.15, 0.2) is 0 Å². The molecular formula is C13H13F2NO. The first-order valence-electron chi connectivity index (χ1n) is 5.23. The Morgan fingerprint density at radius 2 is 1.71 bits per heavy atom. The summed E-state index contributed by atoms with van der Waals surface area (Å²) in [6, 6.07) is 9.32. The smallest absolute Gasteiger partial charge is 0.257 e. The van der Waals surface area contributed by atoms with Crippen molar-refractivity contribution in [3.05, 3.63) is 42.0 Å². The summed E-state index contributed by atoms with van der Waals surface area (Å²) >= 11 is 0. The molecule has 2 N–H and O–H groups in total. The molecule has 90 valence electrons. The van der Waals surface area contributed by atoms with Gasteiger partial charge in [0.1, 0.15) is 5.75 Å². The highest BCUT2D eigenvalue weighted by molar-refractivity contribution is 5.84. The third-order valence-electron chi connectivity index (χ3n) is 2.73. The zero-order valence-electron chi connectivity index (χ0n) is 9.36. The highest BCUT2D eigenvalue weighted by Crippen LogP contribution is 2.25. The molecule has 4 heteroatoms. The molecule has 2 rings (SSSR count). The number of benzene rings is 2. The molecule has 0 radical (unpaired) electrons. The number of halogens is 2. The number of hydrogen-bond donors (Lipinski definition) is 1. The summed E-state index contributed by atoms with van der Waals surface area (Å²) in [7, 11) is 1.59. The van der Waals surface area contributed by atoms with E-state index in [1.165, 1.54) is 0 Å². The maximum absolute atomic E-state index is 12.5. The third-order valence-corrected chi connectivity index (χ3v) is 2.73. The first kappa shape index (κ1) is 11.8. The molecule has 0 bridgehead atoms. The Morgan fingerprint density at radius 1 is 1.06 bits per heavy atom. The van der Waals surface area contributed by atoms with E-state index in [-0.39, 0.29) is 0 Å². The Morgan fingerprint density at radius 3 is 2.35 bits per heavy atom. The molecule has 0 spiro atoms. The molecule has 0 amide bonds. The highest BCUT2D eigenvalue weighted by atomic mass is 19.3. The van der Waals surface area contributed by atoms with Crippen molar-refractivity contribution >= 4 is 10.8 Å². The lowest BCUT2D eigenvalue weighted by Gasteiger charge is -2.11. The van der Waals surface area contributed by atoms with Crippen LogP contribution in [0.15, 0.2) is 36.4 Å². The van der Waals surface area contributed by atoms with Crippen LogP contribution in [0.1, 0.15) is 11.6 Å². The molecule has 1 atom stereocenters. The molecule has 2 nitrogen and oxygen atoms in total. The van der Waals surface area contributed by atoms with Crippen LogP contribution in [0.4, 0.5) is 8.78 Å². The summed E-state index contributed by atoms with van der Waals surface area (Å²) in [5.74, 6) is 0.739. The van der Waals surface area contributed by atoms with Crippen molar-refractivity contribution in [2.24, 2.45) is 5.73 Å². The summed E-state index contributed by atoms with van der Waals surface area (Å²) in [6.07, 6.45) is -2.55. The topological polar surface area (TPSA) is 35.2 Å². The summed E-state index contributed by atoms with van der Waals surface area (Å²) in [5.41, 5.74) is 5.85. The number of methoxy groups -OCH3 is 1. The summed E-state index contributed by atoms with van der Waals surface area (Å²) < 4.78 is 30.1. The second-order valence-electron chi connectivity index (χ2n) is 3.83. The van der Waals surface area contributed by atoms with Crippen molar-refractivity contribution in [1.29, 1.82) is 0 Å². The first-order valence-corrected chi connectivity index (χ1v) is 5.23. The quantitative estimate of drug-likeness (QED) is 0.890. The van der Waals surface area contributed by atoms with Crippen LogP contribution in [0.5, 0.6) is 5.75 Å². The van der Waals surface area contributed by atoms with E-state index in [9.17, 15) is 8.78 Å². The van der Waals surface area contributed by atoms with Gasteiger partial charge in [-0.1, -0.05) is 18.2 Å². The van der Waals surface area contributed by atoms with Gasteiger partial charge in [0, 0.05) is 0 Å². The van der Waals surface area contributed by atoms with Gasteiger partial charge in [-0.15, -0.1) is 0 Å². The van der Waals surface area contributed by atoms with E-state index in [1.54, 1.807) is 31.4 Å². The van der Waals surface area contributed by atoms with E-state index in [0.717, 1.165) is 16.5 Å². The van der Waals surface area contributed by atoms with Crippen molar-refractivity contribution in [3.63, 3.8) is 0 Å². The van der Waals surface area contributed by atoms with Crippen molar-refractivity contribution < 1.29 is 13.5 Å². The van der Waals surface area contributed by atoms with E-state index in [0.29, 0.717) is 5.56 Å². The van der Waals surface area contributed by atoms with Crippen LogP contribution in [0.2, 0.25) is 0 Å². The highest BCUT2D eigenvalue weighted by Gasteiger charge is 2.17. The van der Waals surface area contributed by atoms with Crippen LogP contribution >= 0.6 is 0 Å². The van der Waals surface area contributed by atoms with Crippen LogP contribution in [0.3, 0.4) is 0 Å². The molecule has 0 heterocycles. The maximum Gasteiger partial charge on any atom is 0.257 e. The monoisotopic (exact) mass is 237 g/mol. The Kier molecular flexibility index (Phi) is 3.24. The Bertz CT molecular complexity index is 528. The predicted molar refractivity (Wildman–Crippen MR) is 63.4 cm³/mol. The first-order chi connectivity index (χ1) is 8.11. The number of ether oxygens (including phenoxy) is 1. The molecule has 17 heavy (non-hydrogen) atoms. The van der Waals surface area contributed by atoms with Crippen LogP contribution in [-0.2, 0) is 0 Å². The molecule has 0 saturated carbocycles. The van der Waals surface area contributed by atoms with Crippen LogP contribution in [-0.4, -0.2) is 13.5 Å². The van der Waals surface area contributed by atoms with Crippen molar-refractivity contribution in [2.75, 3.05) is 7.11 Å². The number of fused-ring (bicyclic) bond motifs is 1. The van der Waals surface area contributed by atoms with E-state index < -0.39 is 12.5 Å². The van der Waals surface area contributed by atoms with Crippen molar-refractivity contribution in [2.45, 2.75) is 12.5 Å². The van der Waals surface area contributed by atoms with E-state index >= 15 is 0 Å². The van der Waals surface area contributed by atoms with Gasteiger partial charge in [0.2, 0.25) is 0 Å². The van der Waals surface area contributed by atoms with Gasteiger partial charge in [0.25, 0.3) is 6.43 Å². The Labute approximate surface area is 98.0 Å². The van der Waals surface area contributed by atoms with Crippen LogP contribution < -0.4 is 10.5 Å². The van der Waals surface area contributed by atoms with Gasteiger partial charge < -0.3 is 10.5 Å². The summed E-state index contributed by atoms with van der Waals surface area (Å²) in [4.78, 5) is 0. The lowest BCUT2D eigenvalue weighted by molar-refractivity contribution is 0.116. The number of alkyl halides is 2. The summed E-state index contributed by atoms with van der Waals surface area (Å²) in [5, 5.41) is 1.81. The van der Waals surface area contributed by atoms with Crippen LogP contribution in [0, 0.1) is 0 Å². The standard InChI is InChI=1S/C13H13F2NO/c1-17-11-5-4-8-6-10(12(16)13(14)15)3-2-9(8)7-11/h2-7,12-13H,16H2,1H3. The van der Waals surface area contributed by atoms with Gasteiger partial charge in [-0.25, -0.2) is 8.78 Å². The molecule has 0 aliphatic carbocycles. The third kappa shape index (κ3) is 2.36. The predicted octanol–water partition coefficient (Wildman–Crippen LogP) is 3.11. The lowest BCUT2D eigenvalue weighted by atomic mass is 10.0. The van der Waals surface area contributed by atoms with Gasteiger partial charge in [-0.2, -0.15) is 0 Å². The fourth-order valence-electron chi connectivity index (χ4n) is 1.72. The largest absolute Gasteiger partial charge is 0.497 e. The summed E-state index contributed by atoms with van der Waals surface area (Å²) in [6.45, 7) is 0. The fraction of sp³-hybridized carbons (Fsp3) is 0.231. The maximum atomic E-state index is 12.5. The van der Waals surface area contributed by atoms with Gasteiger partial charge in [-0.3, -0.25) is 0 Å². The minimum atomic E-state index is -2.55. The molecule has 2 aromatic rings.